The molecule has 1 saturated carbocycles. The lowest BCUT2D eigenvalue weighted by molar-refractivity contribution is -0.126. The molecular weight excluding hydrogens is 198 g/mol. The Kier molecular flexibility index (Phi) is 2.74. The van der Waals surface area contributed by atoms with Gasteiger partial charge in [-0.1, -0.05) is 18.4 Å². The minimum absolute atomic E-state index is 0.319. The lowest BCUT2D eigenvalue weighted by Gasteiger charge is -2.28. The first-order valence-electron chi connectivity index (χ1n) is 6.86. The van der Waals surface area contributed by atoms with E-state index in [1.807, 2.05) is 0 Å². The number of amides is 1. The predicted molar refractivity (Wildman–Crippen MR) is 63.7 cm³/mol. The fourth-order valence-corrected chi connectivity index (χ4v) is 3.70. The van der Waals surface area contributed by atoms with Crippen LogP contribution < -0.4 is 5.32 Å². The van der Waals surface area contributed by atoms with Crippen LogP contribution in [0.15, 0.2) is 11.3 Å². The molecule has 2 aliphatic carbocycles. The van der Waals surface area contributed by atoms with Crippen molar-refractivity contribution in [1.29, 1.82) is 0 Å². The highest BCUT2D eigenvalue weighted by molar-refractivity contribution is 5.81. The van der Waals surface area contributed by atoms with Gasteiger partial charge in [-0.05, 0) is 50.9 Å². The van der Waals surface area contributed by atoms with Crippen molar-refractivity contribution in [2.45, 2.75) is 57.8 Å². The van der Waals surface area contributed by atoms with Gasteiger partial charge in [-0.2, -0.15) is 0 Å². The van der Waals surface area contributed by atoms with Gasteiger partial charge in [0.05, 0.1) is 0 Å². The molecule has 2 heteroatoms. The van der Waals surface area contributed by atoms with Crippen molar-refractivity contribution >= 4 is 5.91 Å². The van der Waals surface area contributed by atoms with Crippen molar-refractivity contribution in [3.05, 3.63) is 11.3 Å². The third-order valence-electron chi connectivity index (χ3n) is 4.61. The number of nitrogens with one attached hydrogen (secondary N) is 1. The van der Waals surface area contributed by atoms with Gasteiger partial charge >= 0.3 is 0 Å². The van der Waals surface area contributed by atoms with Gasteiger partial charge < -0.3 is 5.32 Å². The minimum Gasteiger partial charge on any atom is -0.330 e. The zero-order valence-corrected chi connectivity index (χ0v) is 9.93. The summed E-state index contributed by atoms with van der Waals surface area (Å²) in [5.41, 5.74) is 2.87. The average molecular weight is 219 g/mol. The standard InChI is InChI=1S/C14H21NO/c16-14-12-7-3-1-5-10(12)9-11-6-2-4-8-13(11)15-14/h10,12H,1-9H2,(H,15,16). The van der Waals surface area contributed by atoms with Gasteiger partial charge in [-0.25, -0.2) is 0 Å². The molecule has 1 aliphatic heterocycles. The Bertz CT molecular complexity index is 332. The second kappa shape index (κ2) is 4.23. The van der Waals surface area contributed by atoms with Crippen molar-refractivity contribution in [3.8, 4) is 0 Å². The summed E-state index contributed by atoms with van der Waals surface area (Å²) < 4.78 is 0. The van der Waals surface area contributed by atoms with E-state index in [1.54, 1.807) is 5.57 Å². The molecule has 16 heavy (non-hydrogen) atoms. The fraction of sp³-hybridized carbons (Fsp3) is 0.786. The Morgan fingerprint density at radius 2 is 1.81 bits per heavy atom. The van der Waals surface area contributed by atoms with Crippen LogP contribution in [0.2, 0.25) is 0 Å². The summed E-state index contributed by atoms with van der Waals surface area (Å²) in [6.07, 6.45) is 11.1. The molecule has 3 aliphatic rings. The van der Waals surface area contributed by atoms with Crippen LogP contribution in [0.25, 0.3) is 0 Å². The molecule has 88 valence electrons. The fourth-order valence-electron chi connectivity index (χ4n) is 3.70. The molecule has 1 fully saturated rings. The second-order valence-electron chi connectivity index (χ2n) is 5.63. The molecule has 2 unspecified atom stereocenters. The zero-order valence-electron chi connectivity index (χ0n) is 9.93. The average Bonchev–Trinajstić information content (AvgIpc) is 2.45. The van der Waals surface area contributed by atoms with E-state index in [-0.39, 0.29) is 0 Å². The number of hydrogen-bond donors (Lipinski definition) is 1. The smallest absolute Gasteiger partial charge is 0.227 e. The van der Waals surface area contributed by atoms with Crippen molar-refractivity contribution in [2.75, 3.05) is 0 Å². The number of hydrogen-bond acceptors (Lipinski definition) is 1. The van der Waals surface area contributed by atoms with E-state index in [0.29, 0.717) is 17.7 Å². The Hall–Kier alpha value is -0.790. The van der Waals surface area contributed by atoms with Gasteiger partial charge in [-0.15, -0.1) is 0 Å². The Labute approximate surface area is 97.5 Å². The SMILES string of the molecule is O=C1NC2=C(CCCC2)CC2CCCCC12. The molecule has 1 amide bonds. The monoisotopic (exact) mass is 219 g/mol. The molecular formula is C14H21NO. The van der Waals surface area contributed by atoms with Crippen LogP contribution in [0.4, 0.5) is 0 Å². The first-order valence-corrected chi connectivity index (χ1v) is 6.86. The molecule has 3 rings (SSSR count). The Balaban J connectivity index is 1.86. The molecule has 0 aromatic carbocycles. The summed E-state index contributed by atoms with van der Waals surface area (Å²) in [6, 6.07) is 0. The zero-order chi connectivity index (χ0) is 11.0. The number of fused-ring (bicyclic) bond motifs is 1. The van der Waals surface area contributed by atoms with Crippen LogP contribution in [0.3, 0.4) is 0 Å². The highest BCUT2D eigenvalue weighted by Gasteiger charge is 2.35. The summed E-state index contributed by atoms with van der Waals surface area (Å²) in [4.78, 5) is 12.2. The van der Waals surface area contributed by atoms with Crippen molar-refractivity contribution in [2.24, 2.45) is 11.8 Å². The quantitative estimate of drug-likeness (QED) is 0.666. The van der Waals surface area contributed by atoms with Crippen LogP contribution in [0, 0.1) is 11.8 Å². The maximum absolute atomic E-state index is 12.2. The lowest BCUT2D eigenvalue weighted by Crippen LogP contribution is -2.34. The summed E-state index contributed by atoms with van der Waals surface area (Å²) in [5, 5.41) is 3.22. The molecule has 0 aromatic heterocycles. The molecule has 1 heterocycles. The van der Waals surface area contributed by atoms with E-state index < -0.39 is 0 Å². The van der Waals surface area contributed by atoms with Crippen molar-refractivity contribution in [3.63, 3.8) is 0 Å². The molecule has 2 nitrogen and oxygen atoms in total. The summed E-state index contributed by atoms with van der Waals surface area (Å²) >= 11 is 0. The number of allylic oxidation sites excluding steroid dienone is 2. The van der Waals surface area contributed by atoms with Gasteiger partial charge in [0.1, 0.15) is 0 Å². The van der Waals surface area contributed by atoms with E-state index in [1.165, 1.54) is 50.6 Å². The second-order valence-corrected chi connectivity index (χ2v) is 5.63. The van der Waals surface area contributed by atoms with E-state index >= 15 is 0 Å². The van der Waals surface area contributed by atoms with Gasteiger partial charge in [0.25, 0.3) is 0 Å². The number of carbonyl (C=O) groups is 1. The van der Waals surface area contributed by atoms with Gasteiger partial charge in [0.15, 0.2) is 0 Å². The van der Waals surface area contributed by atoms with Crippen LogP contribution in [-0.2, 0) is 4.79 Å². The molecule has 2 atom stereocenters. The topological polar surface area (TPSA) is 29.1 Å². The molecule has 0 aromatic rings. The maximum atomic E-state index is 12.2. The van der Waals surface area contributed by atoms with Gasteiger partial charge in [-0.3, -0.25) is 4.79 Å². The highest BCUT2D eigenvalue weighted by Crippen LogP contribution is 2.40. The van der Waals surface area contributed by atoms with Crippen LogP contribution >= 0.6 is 0 Å². The lowest BCUT2D eigenvalue weighted by atomic mass is 9.75. The van der Waals surface area contributed by atoms with E-state index in [0.717, 1.165) is 12.8 Å². The van der Waals surface area contributed by atoms with E-state index in [2.05, 4.69) is 5.32 Å². The molecule has 0 spiro atoms. The van der Waals surface area contributed by atoms with Crippen LogP contribution in [0.1, 0.15) is 57.8 Å². The van der Waals surface area contributed by atoms with Gasteiger partial charge in [0.2, 0.25) is 5.91 Å². The Morgan fingerprint density at radius 3 is 2.75 bits per heavy atom. The summed E-state index contributed by atoms with van der Waals surface area (Å²) in [5.74, 6) is 1.30. The molecule has 0 saturated heterocycles. The maximum Gasteiger partial charge on any atom is 0.227 e. The normalized spacial score (nSPS) is 34.9. The number of rotatable bonds is 0. The van der Waals surface area contributed by atoms with E-state index in [4.69, 9.17) is 0 Å². The summed E-state index contributed by atoms with van der Waals surface area (Å²) in [6.45, 7) is 0. The number of carbonyl (C=O) groups excluding carboxylic acids is 1. The third-order valence-corrected chi connectivity index (χ3v) is 4.61. The first-order chi connectivity index (χ1) is 7.84. The van der Waals surface area contributed by atoms with Gasteiger partial charge in [0, 0.05) is 11.6 Å². The van der Waals surface area contributed by atoms with E-state index in [9.17, 15) is 4.79 Å². The highest BCUT2D eigenvalue weighted by atomic mass is 16.1. The van der Waals surface area contributed by atoms with Crippen molar-refractivity contribution < 1.29 is 4.79 Å². The van der Waals surface area contributed by atoms with Crippen LogP contribution in [-0.4, -0.2) is 5.91 Å². The Morgan fingerprint density at radius 1 is 1.00 bits per heavy atom. The van der Waals surface area contributed by atoms with Crippen molar-refractivity contribution in [1.82, 2.24) is 5.32 Å². The predicted octanol–water partition coefficient (Wildman–Crippen LogP) is 3.14. The molecule has 1 N–H and O–H groups in total. The first kappa shape index (κ1) is 10.4. The van der Waals surface area contributed by atoms with Crippen LogP contribution in [0.5, 0.6) is 0 Å². The summed E-state index contributed by atoms with van der Waals surface area (Å²) in [7, 11) is 0. The largest absolute Gasteiger partial charge is 0.330 e. The molecule has 0 radical (unpaired) electrons. The minimum atomic E-state index is 0.319. The molecule has 0 bridgehead atoms. The third kappa shape index (κ3) is 1.79.